The Labute approximate surface area is 189 Å². The quantitative estimate of drug-likeness (QED) is 0.434. The fraction of sp³-hybridized carbons (Fsp3) is 0.440. The van der Waals surface area contributed by atoms with Crippen molar-refractivity contribution in [2.75, 3.05) is 37.7 Å². The number of aryl methyl sites for hydroxylation is 2. The Kier molecular flexibility index (Phi) is 8.04. The van der Waals surface area contributed by atoms with Gasteiger partial charge in [-0.3, -0.25) is 9.69 Å². The highest BCUT2D eigenvalue weighted by molar-refractivity contribution is 7.22. The van der Waals surface area contributed by atoms with E-state index in [1.165, 1.54) is 11.1 Å². The molecule has 5 nitrogen and oxygen atoms in total. The molecule has 0 spiro atoms. The standard InChI is InChI=1S/C25H33N3O2S/c1-6-27(7-2)15-16-28(23(29)17-20-10-12-21(13-11-20)30-8-3)25-26-24-19(5)18(4)9-14-22(24)31-25/h9-14H,6-8,15-17H2,1-5H3. The molecule has 3 rings (SSSR count). The summed E-state index contributed by atoms with van der Waals surface area (Å²) < 4.78 is 6.64. The second-order valence-electron chi connectivity index (χ2n) is 7.68. The molecular weight excluding hydrogens is 406 g/mol. The van der Waals surface area contributed by atoms with E-state index in [-0.39, 0.29) is 5.91 Å². The normalized spacial score (nSPS) is 11.3. The molecule has 1 amide bonds. The minimum Gasteiger partial charge on any atom is -0.494 e. The summed E-state index contributed by atoms with van der Waals surface area (Å²) >= 11 is 1.60. The first kappa shape index (κ1) is 23.2. The maximum Gasteiger partial charge on any atom is 0.233 e. The summed E-state index contributed by atoms with van der Waals surface area (Å²) in [7, 11) is 0. The van der Waals surface area contributed by atoms with Crippen molar-refractivity contribution in [3.63, 3.8) is 0 Å². The molecule has 0 aliphatic rings. The van der Waals surface area contributed by atoms with Crippen molar-refractivity contribution < 1.29 is 9.53 Å². The molecule has 166 valence electrons. The third kappa shape index (κ3) is 5.63. The van der Waals surface area contributed by atoms with Gasteiger partial charge < -0.3 is 9.64 Å². The summed E-state index contributed by atoms with van der Waals surface area (Å²) in [6, 6.07) is 12.0. The summed E-state index contributed by atoms with van der Waals surface area (Å²) in [6.45, 7) is 14.5. The number of carbonyl (C=O) groups excluding carboxylic acids is 1. The van der Waals surface area contributed by atoms with E-state index in [1.54, 1.807) is 11.3 Å². The van der Waals surface area contributed by atoms with Crippen LogP contribution in [-0.2, 0) is 11.2 Å². The fourth-order valence-corrected chi connectivity index (χ4v) is 4.65. The van der Waals surface area contributed by atoms with Crippen LogP contribution < -0.4 is 9.64 Å². The van der Waals surface area contributed by atoms with Crippen LogP contribution >= 0.6 is 11.3 Å². The molecule has 0 aliphatic carbocycles. The maximum absolute atomic E-state index is 13.4. The van der Waals surface area contributed by atoms with Gasteiger partial charge in [0, 0.05) is 13.1 Å². The van der Waals surface area contributed by atoms with Crippen LogP contribution in [0.5, 0.6) is 5.75 Å². The zero-order chi connectivity index (χ0) is 22.4. The molecule has 0 unspecified atom stereocenters. The molecule has 0 saturated carbocycles. The van der Waals surface area contributed by atoms with Crippen molar-refractivity contribution >= 4 is 32.6 Å². The molecule has 0 fully saturated rings. The summed E-state index contributed by atoms with van der Waals surface area (Å²) in [6.07, 6.45) is 0.346. The first-order valence-electron chi connectivity index (χ1n) is 11.1. The lowest BCUT2D eigenvalue weighted by atomic mass is 10.1. The summed E-state index contributed by atoms with van der Waals surface area (Å²) in [5, 5.41) is 0.784. The number of benzene rings is 2. The largest absolute Gasteiger partial charge is 0.494 e. The Morgan fingerprint density at radius 3 is 2.35 bits per heavy atom. The second kappa shape index (κ2) is 10.7. The van der Waals surface area contributed by atoms with E-state index in [2.05, 4.69) is 44.7 Å². The van der Waals surface area contributed by atoms with Crippen molar-refractivity contribution in [3.8, 4) is 5.75 Å². The Morgan fingerprint density at radius 2 is 1.71 bits per heavy atom. The van der Waals surface area contributed by atoms with Crippen LogP contribution in [0.4, 0.5) is 5.13 Å². The van der Waals surface area contributed by atoms with Crippen molar-refractivity contribution in [1.82, 2.24) is 9.88 Å². The van der Waals surface area contributed by atoms with Crippen LogP contribution in [0, 0.1) is 13.8 Å². The molecular formula is C25H33N3O2S. The minimum atomic E-state index is 0.0738. The summed E-state index contributed by atoms with van der Waals surface area (Å²) in [5.74, 6) is 0.902. The van der Waals surface area contributed by atoms with Gasteiger partial charge in [0.05, 0.1) is 23.2 Å². The van der Waals surface area contributed by atoms with E-state index < -0.39 is 0 Å². The van der Waals surface area contributed by atoms with Crippen molar-refractivity contribution in [3.05, 3.63) is 53.1 Å². The smallest absolute Gasteiger partial charge is 0.233 e. The number of nitrogens with zero attached hydrogens (tertiary/aromatic N) is 3. The lowest BCUT2D eigenvalue weighted by molar-refractivity contribution is -0.118. The van der Waals surface area contributed by atoms with E-state index in [0.717, 1.165) is 46.3 Å². The molecule has 1 aromatic heterocycles. The van der Waals surface area contributed by atoms with Gasteiger partial charge in [0.15, 0.2) is 5.13 Å². The number of fused-ring (bicyclic) bond motifs is 1. The van der Waals surface area contributed by atoms with E-state index in [4.69, 9.17) is 9.72 Å². The molecule has 0 atom stereocenters. The van der Waals surface area contributed by atoms with E-state index >= 15 is 0 Å². The number of likely N-dealkylation sites (N-methyl/N-ethyl adjacent to an activating group) is 1. The SMILES string of the molecule is CCOc1ccc(CC(=O)N(CCN(CC)CC)c2nc3c(C)c(C)ccc3s2)cc1. The monoisotopic (exact) mass is 439 g/mol. The fourth-order valence-electron chi connectivity index (χ4n) is 3.58. The van der Waals surface area contributed by atoms with Crippen molar-refractivity contribution in [1.29, 1.82) is 0 Å². The lowest BCUT2D eigenvalue weighted by Crippen LogP contribution is -2.39. The van der Waals surface area contributed by atoms with E-state index in [9.17, 15) is 4.79 Å². The van der Waals surface area contributed by atoms with Crippen LogP contribution in [0.3, 0.4) is 0 Å². The first-order chi connectivity index (χ1) is 15.0. The van der Waals surface area contributed by atoms with Gasteiger partial charge in [-0.2, -0.15) is 0 Å². The highest BCUT2D eigenvalue weighted by Gasteiger charge is 2.21. The highest BCUT2D eigenvalue weighted by atomic mass is 32.1. The van der Waals surface area contributed by atoms with Gasteiger partial charge in [0.2, 0.25) is 5.91 Å². The van der Waals surface area contributed by atoms with E-state index in [1.807, 2.05) is 36.1 Å². The number of anilines is 1. The van der Waals surface area contributed by atoms with Crippen LogP contribution in [0.15, 0.2) is 36.4 Å². The van der Waals surface area contributed by atoms with Crippen molar-refractivity contribution in [2.45, 2.75) is 41.0 Å². The Hall–Kier alpha value is -2.44. The molecule has 6 heteroatoms. The van der Waals surface area contributed by atoms with Gasteiger partial charge >= 0.3 is 0 Å². The van der Waals surface area contributed by atoms with Crippen molar-refractivity contribution in [2.24, 2.45) is 0 Å². The minimum absolute atomic E-state index is 0.0738. The van der Waals surface area contributed by atoms with Gasteiger partial charge in [-0.15, -0.1) is 0 Å². The lowest BCUT2D eigenvalue weighted by Gasteiger charge is -2.24. The predicted octanol–water partition coefficient (Wildman–Crippen LogP) is 5.23. The number of ether oxygens (including phenoxy) is 1. The molecule has 31 heavy (non-hydrogen) atoms. The number of aromatic nitrogens is 1. The highest BCUT2D eigenvalue weighted by Crippen LogP contribution is 2.32. The van der Waals surface area contributed by atoms with Crippen LogP contribution in [-0.4, -0.2) is 48.6 Å². The number of hydrogen-bond donors (Lipinski definition) is 0. The Morgan fingerprint density at radius 1 is 1.00 bits per heavy atom. The zero-order valence-electron chi connectivity index (χ0n) is 19.3. The third-order valence-electron chi connectivity index (χ3n) is 5.73. The molecule has 0 bridgehead atoms. The van der Waals surface area contributed by atoms with Gasteiger partial charge in [-0.1, -0.05) is 43.4 Å². The molecule has 0 radical (unpaired) electrons. The second-order valence-corrected chi connectivity index (χ2v) is 8.69. The van der Waals surface area contributed by atoms with Gasteiger partial charge in [-0.05, 0) is 68.8 Å². The first-order valence-corrected chi connectivity index (χ1v) is 11.9. The molecule has 1 heterocycles. The van der Waals surface area contributed by atoms with Gasteiger partial charge in [0.25, 0.3) is 0 Å². The zero-order valence-corrected chi connectivity index (χ0v) is 20.1. The van der Waals surface area contributed by atoms with Crippen LogP contribution in [0.2, 0.25) is 0 Å². The Balaban J connectivity index is 1.86. The molecule has 3 aromatic rings. The van der Waals surface area contributed by atoms with Crippen LogP contribution in [0.1, 0.15) is 37.5 Å². The van der Waals surface area contributed by atoms with Gasteiger partial charge in [0.1, 0.15) is 5.75 Å². The predicted molar refractivity (Wildman–Crippen MR) is 131 cm³/mol. The topological polar surface area (TPSA) is 45.7 Å². The number of carbonyl (C=O) groups is 1. The molecule has 0 saturated heterocycles. The average molecular weight is 440 g/mol. The third-order valence-corrected chi connectivity index (χ3v) is 6.77. The van der Waals surface area contributed by atoms with E-state index in [0.29, 0.717) is 19.6 Å². The Bertz CT molecular complexity index is 1010. The maximum atomic E-state index is 13.4. The van der Waals surface area contributed by atoms with Gasteiger partial charge in [-0.25, -0.2) is 4.98 Å². The number of rotatable bonds is 10. The number of amides is 1. The number of hydrogen-bond acceptors (Lipinski definition) is 5. The summed E-state index contributed by atoms with van der Waals surface area (Å²) in [5.41, 5.74) is 4.39. The average Bonchev–Trinajstić information content (AvgIpc) is 3.20. The number of thiazole rings is 1. The molecule has 0 aliphatic heterocycles. The van der Waals surface area contributed by atoms with Crippen LogP contribution in [0.25, 0.3) is 10.2 Å². The molecule has 0 N–H and O–H groups in total. The summed E-state index contributed by atoms with van der Waals surface area (Å²) in [4.78, 5) is 22.5. The molecule has 2 aromatic carbocycles.